The van der Waals surface area contributed by atoms with Crippen LogP contribution in [-0.4, -0.2) is 10.5 Å². The molecule has 132 valence electrons. The number of pyridine rings is 1. The van der Waals surface area contributed by atoms with E-state index in [1.54, 1.807) is 24.4 Å². The van der Waals surface area contributed by atoms with Gasteiger partial charge in [-0.15, -0.1) is 0 Å². The summed E-state index contributed by atoms with van der Waals surface area (Å²) in [6.45, 7) is 4.27. The van der Waals surface area contributed by atoms with Crippen molar-refractivity contribution < 1.29 is 4.79 Å². The number of carbonyl (C=O) groups is 1. The van der Waals surface area contributed by atoms with Gasteiger partial charge < -0.3 is 9.88 Å². The van der Waals surface area contributed by atoms with E-state index in [-0.39, 0.29) is 11.1 Å². The molecule has 5 heteroatoms. The third kappa shape index (κ3) is 3.86. The molecule has 0 radical (unpaired) electrons. The number of benzene rings is 2. The Bertz CT molecular complexity index is 1020. The summed E-state index contributed by atoms with van der Waals surface area (Å²) in [5.41, 5.74) is 3.43. The molecule has 3 rings (SSSR count). The average Bonchev–Trinajstić information content (AvgIpc) is 2.61. The van der Waals surface area contributed by atoms with Gasteiger partial charge in [0, 0.05) is 16.9 Å². The van der Waals surface area contributed by atoms with Crippen LogP contribution in [0.15, 0.2) is 65.6 Å². The van der Waals surface area contributed by atoms with Crippen LogP contribution in [0.3, 0.4) is 0 Å². The highest BCUT2D eigenvalue weighted by Gasteiger charge is 2.14. The average molecular weight is 367 g/mol. The van der Waals surface area contributed by atoms with Crippen LogP contribution in [0.25, 0.3) is 0 Å². The summed E-state index contributed by atoms with van der Waals surface area (Å²) in [6.07, 6.45) is 1.66. The third-order valence-electron chi connectivity index (χ3n) is 4.36. The number of nitrogens with one attached hydrogen (secondary N) is 1. The lowest BCUT2D eigenvalue weighted by molar-refractivity contribution is 0.102. The summed E-state index contributed by atoms with van der Waals surface area (Å²) < 4.78 is 1.50. The molecule has 4 nitrogen and oxygen atoms in total. The Morgan fingerprint density at radius 2 is 1.85 bits per heavy atom. The number of amides is 1. The van der Waals surface area contributed by atoms with Crippen molar-refractivity contribution in [2.24, 2.45) is 0 Å². The molecule has 0 atom stereocenters. The Balaban J connectivity index is 1.88. The van der Waals surface area contributed by atoms with Crippen LogP contribution >= 0.6 is 11.6 Å². The smallest absolute Gasteiger partial charge is 0.263 e. The van der Waals surface area contributed by atoms with Gasteiger partial charge in [0.15, 0.2) is 0 Å². The molecule has 0 saturated heterocycles. The molecule has 0 unspecified atom stereocenters. The van der Waals surface area contributed by atoms with Crippen molar-refractivity contribution in [1.29, 1.82) is 0 Å². The quantitative estimate of drug-likeness (QED) is 0.743. The van der Waals surface area contributed by atoms with Gasteiger partial charge >= 0.3 is 0 Å². The van der Waals surface area contributed by atoms with Crippen LogP contribution in [0.5, 0.6) is 0 Å². The molecular weight excluding hydrogens is 348 g/mol. The van der Waals surface area contributed by atoms with Crippen LogP contribution in [0, 0.1) is 13.8 Å². The minimum Gasteiger partial charge on any atom is -0.322 e. The summed E-state index contributed by atoms with van der Waals surface area (Å²) in [5.74, 6) is -0.413. The van der Waals surface area contributed by atoms with Crippen molar-refractivity contribution >= 4 is 23.2 Å². The van der Waals surface area contributed by atoms with Crippen LogP contribution in [0.1, 0.15) is 27.0 Å². The largest absolute Gasteiger partial charge is 0.322 e. The maximum Gasteiger partial charge on any atom is 0.263 e. The highest BCUT2D eigenvalue weighted by Crippen LogP contribution is 2.18. The lowest BCUT2D eigenvalue weighted by atomic mass is 10.1. The lowest BCUT2D eigenvalue weighted by Crippen LogP contribution is -2.29. The zero-order chi connectivity index (χ0) is 18.7. The van der Waals surface area contributed by atoms with Crippen molar-refractivity contribution in [2.45, 2.75) is 20.4 Å². The van der Waals surface area contributed by atoms with Crippen molar-refractivity contribution in [3.05, 3.63) is 98.4 Å². The number of aromatic nitrogens is 1. The first kappa shape index (κ1) is 18.0. The molecule has 2 aromatic carbocycles. The topological polar surface area (TPSA) is 51.1 Å². The third-order valence-corrected chi connectivity index (χ3v) is 4.59. The summed E-state index contributed by atoms with van der Waals surface area (Å²) in [7, 11) is 0. The molecule has 0 saturated carbocycles. The first-order chi connectivity index (χ1) is 12.5. The number of carbonyl (C=O) groups excluding carboxylic acids is 1. The molecule has 0 bridgehead atoms. The van der Waals surface area contributed by atoms with E-state index in [1.807, 2.05) is 44.2 Å². The van der Waals surface area contributed by atoms with Gasteiger partial charge in [0.05, 0.1) is 6.54 Å². The van der Waals surface area contributed by atoms with E-state index >= 15 is 0 Å². The van der Waals surface area contributed by atoms with Gasteiger partial charge in [-0.05, 0) is 60.9 Å². The maximum absolute atomic E-state index is 12.7. The van der Waals surface area contributed by atoms with E-state index in [0.29, 0.717) is 17.3 Å². The monoisotopic (exact) mass is 366 g/mol. The minimum absolute atomic E-state index is 0.107. The normalized spacial score (nSPS) is 10.6. The molecule has 3 aromatic rings. The summed E-state index contributed by atoms with van der Waals surface area (Å²) in [6, 6.07) is 16.2. The first-order valence-corrected chi connectivity index (χ1v) is 8.65. The second-order valence-electron chi connectivity index (χ2n) is 6.19. The molecule has 0 fully saturated rings. The van der Waals surface area contributed by atoms with E-state index in [0.717, 1.165) is 16.7 Å². The van der Waals surface area contributed by atoms with Crippen molar-refractivity contribution in [3.8, 4) is 0 Å². The summed E-state index contributed by atoms with van der Waals surface area (Å²) in [4.78, 5) is 25.3. The Kier molecular flexibility index (Phi) is 5.24. The number of rotatable bonds is 4. The summed E-state index contributed by atoms with van der Waals surface area (Å²) >= 11 is 6.00. The Labute approximate surface area is 157 Å². The maximum atomic E-state index is 12.7. The van der Waals surface area contributed by atoms with E-state index in [4.69, 9.17) is 11.6 Å². The fourth-order valence-electron chi connectivity index (χ4n) is 2.74. The zero-order valence-electron chi connectivity index (χ0n) is 14.6. The van der Waals surface area contributed by atoms with Gasteiger partial charge in [-0.25, -0.2) is 0 Å². The van der Waals surface area contributed by atoms with Gasteiger partial charge in [-0.3, -0.25) is 9.59 Å². The summed E-state index contributed by atoms with van der Waals surface area (Å²) in [5, 5.41) is 3.45. The molecule has 1 N–H and O–H groups in total. The molecule has 0 aliphatic rings. The predicted octanol–water partition coefficient (Wildman–Crippen LogP) is 4.42. The van der Waals surface area contributed by atoms with Crippen LogP contribution in [0.4, 0.5) is 5.69 Å². The predicted molar refractivity (Wildman–Crippen MR) is 105 cm³/mol. The number of hydrogen-bond acceptors (Lipinski definition) is 2. The van der Waals surface area contributed by atoms with E-state index in [9.17, 15) is 9.59 Å². The molecule has 1 amide bonds. The fraction of sp³-hybridized carbons (Fsp3) is 0.143. The van der Waals surface area contributed by atoms with Crippen LogP contribution in [0.2, 0.25) is 5.02 Å². The lowest BCUT2D eigenvalue weighted by Gasteiger charge is -2.11. The number of hydrogen-bond donors (Lipinski definition) is 1. The minimum atomic E-state index is -0.413. The Morgan fingerprint density at radius 1 is 1.08 bits per heavy atom. The number of aryl methyl sites for hydroxylation is 1. The zero-order valence-corrected chi connectivity index (χ0v) is 15.4. The molecule has 0 aliphatic heterocycles. The van der Waals surface area contributed by atoms with Gasteiger partial charge in [0.2, 0.25) is 0 Å². The number of anilines is 1. The molecule has 1 heterocycles. The van der Waals surface area contributed by atoms with Gasteiger partial charge in [0.1, 0.15) is 5.56 Å². The van der Waals surface area contributed by atoms with E-state index in [2.05, 4.69) is 5.32 Å². The number of nitrogens with zero attached hydrogens (tertiary/aromatic N) is 1. The van der Waals surface area contributed by atoms with Crippen molar-refractivity contribution in [1.82, 2.24) is 4.57 Å². The molecule has 1 aromatic heterocycles. The molecular formula is C21H19ClN2O2. The second kappa shape index (κ2) is 7.58. The van der Waals surface area contributed by atoms with Gasteiger partial charge in [-0.2, -0.15) is 0 Å². The molecule has 0 aliphatic carbocycles. The van der Waals surface area contributed by atoms with Gasteiger partial charge in [-0.1, -0.05) is 35.9 Å². The van der Waals surface area contributed by atoms with Crippen molar-refractivity contribution in [3.63, 3.8) is 0 Å². The Morgan fingerprint density at radius 3 is 2.62 bits per heavy atom. The highest BCUT2D eigenvalue weighted by molar-refractivity contribution is 6.30. The first-order valence-electron chi connectivity index (χ1n) is 8.27. The van der Waals surface area contributed by atoms with E-state index < -0.39 is 5.91 Å². The van der Waals surface area contributed by atoms with Crippen LogP contribution in [-0.2, 0) is 6.54 Å². The Hall–Kier alpha value is -2.85. The SMILES string of the molecule is Cc1cccc(NC(=O)c2cccn(Cc3cccc(Cl)c3)c2=O)c1C. The van der Waals surface area contributed by atoms with Gasteiger partial charge in [0.25, 0.3) is 11.5 Å². The highest BCUT2D eigenvalue weighted by atomic mass is 35.5. The van der Waals surface area contributed by atoms with Crippen LogP contribution < -0.4 is 10.9 Å². The van der Waals surface area contributed by atoms with Crippen molar-refractivity contribution in [2.75, 3.05) is 5.32 Å². The van der Waals surface area contributed by atoms with E-state index in [1.165, 1.54) is 10.6 Å². The molecule has 26 heavy (non-hydrogen) atoms. The fourth-order valence-corrected chi connectivity index (χ4v) is 2.96. The number of halogens is 1. The molecule has 0 spiro atoms. The standard InChI is InChI=1S/C21H19ClN2O2/c1-14-6-3-10-19(15(14)2)23-20(25)18-9-5-11-24(21(18)26)13-16-7-4-8-17(22)12-16/h3-12H,13H2,1-2H3,(H,23,25). The second-order valence-corrected chi connectivity index (χ2v) is 6.62.